The second-order valence-electron chi connectivity index (χ2n) is 6.39. The minimum atomic E-state index is -0.478. The predicted molar refractivity (Wildman–Crippen MR) is 71.5 cm³/mol. The largest absolute Gasteiger partial charge is 0.409 e. The molecule has 5 nitrogen and oxygen atoms in total. The van der Waals surface area contributed by atoms with E-state index in [0.29, 0.717) is 12.5 Å². The normalized spacial score (nSPS) is 40.9. The maximum Gasteiger partial charge on any atom is 0.231 e. The van der Waals surface area contributed by atoms with Crippen molar-refractivity contribution in [1.29, 1.82) is 0 Å². The van der Waals surface area contributed by atoms with Crippen LogP contribution in [0.15, 0.2) is 5.16 Å². The van der Waals surface area contributed by atoms with Gasteiger partial charge in [-0.1, -0.05) is 18.5 Å². The summed E-state index contributed by atoms with van der Waals surface area (Å²) in [5.74, 6) is 2.62. The zero-order valence-corrected chi connectivity index (χ0v) is 11.4. The summed E-state index contributed by atoms with van der Waals surface area (Å²) in [6.07, 6.45) is 5.54. The zero-order chi connectivity index (χ0) is 13.6. The molecule has 0 aromatic carbocycles. The number of oxime groups is 1. The van der Waals surface area contributed by atoms with Crippen LogP contribution in [0.4, 0.5) is 0 Å². The number of carbonyl (C=O) groups is 1. The standard InChI is InChI=1S/C14H23N3O2/c1-2-3-9(13(15)17-19)14(18)16-12-10-7-4-5-8(6-7)11(10)12/h7-12,19H,2-6H2,1H3,(H2,15,17)(H,16,18). The van der Waals surface area contributed by atoms with Gasteiger partial charge in [-0.15, -0.1) is 0 Å². The molecule has 3 rings (SSSR count). The summed E-state index contributed by atoms with van der Waals surface area (Å²) in [6.45, 7) is 2.00. The van der Waals surface area contributed by atoms with Gasteiger partial charge in [-0.25, -0.2) is 0 Å². The minimum absolute atomic E-state index is 0.0353. The molecule has 0 radical (unpaired) electrons. The molecule has 4 N–H and O–H groups in total. The van der Waals surface area contributed by atoms with Gasteiger partial charge in [0, 0.05) is 6.04 Å². The van der Waals surface area contributed by atoms with Crippen molar-refractivity contribution in [3.63, 3.8) is 0 Å². The molecule has 0 spiro atoms. The minimum Gasteiger partial charge on any atom is -0.409 e. The van der Waals surface area contributed by atoms with Crippen LogP contribution in [0.2, 0.25) is 0 Å². The van der Waals surface area contributed by atoms with E-state index in [-0.39, 0.29) is 11.7 Å². The molecule has 5 heteroatoms. The molecule has 0 saturated heterocycles. The summed E-state index contributed by atoms with van der Waals surface area (Å²) < 4.78 is 0. The fourth-order valence-corrected chi connectivity index (χ4v) is 4.55. The van der Waals surface area contributed by atoms with Crippen LogP contribution in [-0.4, -0.2) is 23.0 Å². The number of nitrogens with one attached hydrogen (secondary N) is 1. The first kappa shape index (κ1) is 12.8. The van der Waals surface area contributed by atoms with E-state index in [2.05, 4.69) is 10.5 Å². The number of nitrogens with zero attached hydrogens (tertiary/aromatic N) is 1. The molecular weight excluding hydrogens is 242 g/mol. The van der Waals surface area contributed by atoms with Gasteiger partial charge < -0.3 is 16.3 Å². The Labute approximate surface area is 113 Å². The lowest BCUT2D eigenvalue weighted by Crippen LogP contribution is -2.41. The van der Waals surface area contributed by atoms with E-state index in [9.17, 15) is 4.79 Å². The summed E-state index contributed by atoms with van der Waals surface area (Å²) in [4.78, 5) is 12.3. The number of carbonyl (C=O) groups excluding carboxylic acids is 1. The summed E-state index contributed by atoms with van der Waals surface area (Å²) >= 11 is 0. The van der Waals surface area contributed by atoms with Crippen LogP contribution >= 0.6 is 0 Å². The first-order chi connectivity index (χ1) is 9.17. The van der Waals surface area contributed by atoms with Crippen LogP contribution in [0.5, 0.6) is 0 Å². The highest BCUT2D eigenvalue weighted by Gasteiger charge is 2.65. The molecule has 3 saturated carbocycles. The molecule has 5 atom stereocenters. The lowest BCUT2D eigenvalue weighted by atomic mass is 10.0. The molecule has 1 amide bonds. The Morgan fingerprint density at radius 3 is 2.58 bits per heavy atom. The van der Waals surface area contributed by atoms with Gasteiger partial charge in [0.25, 0.3) is 0 Å². The van der Waals surface area contributed by atoms with Gasteiger partial charge in [0.05, 0.1) is 5.92 Å². The molecule has 3 aliphatic rings. The Hall–Kier alpha value is -1.26. The monoisotopic (exact) mass is 265 g/mol. The van der Waals surface area contributed by atoms with E-state index >= 15 is 0 Å². The van der Waals surface area contributed by atoms with Gasteiger partial charge in [-0.05, 0) is 49.4 Å². The molecule has 0 aromatic heterocycles. The smallest absolute Gasteiger partial charge is 0.231 e. The fourth-order valence-electron chi connectivity index (χ4n) is 4.55. The first-order valence-corrected chi connectivity index (χ1v) is 7.45. The molecule has 5 unspecified atom stereocenters. The van der Waals surface area contributed by atoms with E-state index in [0.717, 1.165) is 30.1 Å². The maximum atomic E-state index is 12.3. The lowest BCUT2D eigenvalue weighted by molar-refractivity contribution is -0.123. The fraction of sp³-hybridized carbons (Fsp3) is 0.857. The third-order valence-electron chi connectivity index (χ3n) is 5.41. The van der Waals surface area contributed by atoms with Crippen molar-refractivity contribution in [2.24, 2.45) is 40.5 Å². The van der Waals surface area contributed by atoms with Crippen molar-refractivity contribution < 1.29 is 10.0 Å². The van der Waals surface area contributed by atoms with Crippen molar-refractivity contribution >= 4 is 11.7 Å². The molecule has 3 aliphatic carbocycles. The van der Waals surface area contributed by atoms with Crippen LogP contribution in [0.25, 0.3) is 0 Å². The van der Waals surface area contributed by atoms with E-state index in [1.54, 1.807) is 0 Å². The number of amides is 1. The summed E-state index contributed by atoms with van der Waals surface area (Å²) in [6, 6.07) is 0.365. The highest BCUT2D eigenvalue weighted by molar-refractivity contribution is 6.02. The van der Waals surface area contributed by atoms with Gasteiger partial charge in [0.1, 0.15) is 0 Å². The van der Waals surface area contributed by atoms with Gasteiger partial charge >= 0.3 is 0 Å². The Bertz CT molecular complexity index is 393. The average Bonchev–Trinajstić information content (AvgIpc) is 2.82. The number of hydrogen-bond acceptors (Lipinski definition) is 3. The second-order valence-corrected chi connectivity index (χ2v) is 6.39. The number of rotatable bonds is 5. The molecule has 19 heavy (non-hydrogen) atoms. The Balaban J connectivity index is 1.59. The van der Waals surface area contributed by atoms with Crippen LogP contribution < -0.4 is 11.1 Å². The van der Waals surface area contributed by atoms with E-state index in [4.69, 9.17) is 10.9 Å². The number of nitrogens with two attached hydrogens (primary N) is 1. The molecule has 106 valence electrons. The van der Waals surface area contributed by atoms with E-state index in [1.165, 1.54) is 19.3 Å². The molecule has 0 heterocycles. The lowest BCUT2D eigenvalue weighted by Gasteiger charge is -2.16. The second kappa shape index (κ2) is 4.69. The topological polar surface area (TPSA) is 87.7 Å². The molecule has 3 fully saturated rings. The number of fused-ring (bicyclic) bond motifs is 5. The zero-order valence-electron chi connectivity index (χ0n) is 11.4. The molecular formula is C14H23N3O2. The molecule has 2 bridgehead atoms. The van der Waals surface area contributed by atoms with Gasteiger partial charge in [-0.3, -0.25) is 4.79 Å². The van der Waals surface area contributed by atoms with Crippen molar-refractivity contribution in [3.05, 3.63) is 0 Å². The Morgan fingerprint density at radius 1 is 1.42 bits per heavy atom. The van der Waals surface area contributed by atoms with Crippen LogP contribution in [0.1, 0.15) is 39.0 Å². The van der Waals surface area contributed by atoms with Gasteiger partial charge in [0.2, 0.25) is 5.91 Å². The summed E-state index contributed by atoms with van der Waals surface area (Å²) in [7, 11) is 0. The predicted octanol–water partition coefficient (Wildman–Crippen LogP) is 1.31. The third kappa shape index (κ3) is 1.99. The Kier molecular flexibility index (Phi) is 3.15. The molecule has 0 aliphatic heterocycles. The van der Waals surface area contributed by atoms with Gasteiger partial charge in [0.15, 0.2) is 5.84 Å². The first-order valence-electron chi connectivity index (χ1n) is 7.45. The third-order valence-corrected chi connectivity index (χ3v) is 5.41. The van der Waals surface area contributed by atoms with Crippen LogP contribution in [0.3, 0.4) is 0 Å². The quantitative estimate of drug-likeness (QED) is 0.303. The highest BCUT2D eigenvalue weighted by atomic mass is 16.4. The summed E-state index contributed by atoms with van der Waals surface area (Å²) in [5, 5.41) is 14.9. The van der Waals surface area contributed by atoms with Crippen molar-refractivity contribution in [2.45, 2.75) is 45.1 Å². The van der Waals surface area contributed by atoms with E-state index < -0.39 is 5.92 Å². The van der Waals surface area contributed by atoms with Crippen molar-refractivity contribution in [2.75, 3.05) is 0 Å². The SMILES string of the molecule is CCCC(C(=O)NC1C2C3CCC(C3)C12)C(N)=NO. The molecule has 0 aromatic rings. The van der Waals surface area contributed by atoms with Crippen LogP contribution in [-0.2, 0) is 4.79 Å². The average molecular weight is 265 g/mol. The highest BCUT2D eigenvalue weighted by Crippen LogP contribution is 2.65. The summed E-state index contributed by atoms with van der Waals surface area (Å²) in [5.41, 5.74) is 5.62. The number of hydrogen-bond donors (Lipinski definition) is 3. The number of amidine groups is 1. The maximum absolute atomic E-state index is 12.3. The van der Waals surface area contributed by atoms with Crippen LogP contribution in [0, 0.1) is 29.6 Å². The van der Waals surface area contributed by atoms with Crippen molar-refractivity contribution in [1.82, 2.24) is 5.32 Å². The van der Waals surface area contributed by atoms with Crippen molar-refractivity contribution in [3.8, 4) is 0 Å². The van der Waals surface area contributed by atoms with Gasteiger partial charge in [-0.2, -0.15) is 0 Å². The Morgan fingerprint density at radius 2 is 2.05 bits per heavy atom. The van der Waals surface area contributed by atoms with E-state index in [1.807, 2.05) is 6.92 Å².